The minimum atomic E-state index is -4.14. The van der Waals surface area contributed by atoms with Gasteiger partial charge in [-0.2, -0.15) is 0 Å². The highest BCUT2D eigenvalue weighted by molar-refractivity contribution is 7.92. The Bertz CT molecular complexity index is 992. The number of nitrogens with zero attached hydrogens (tertiary/aromatic N) is 1. The molecule has 0 saturated heterocycles. The van der Waals surface area contributed by atoms with E-state index in [1.54, 1.807) is 30.5 Å². The Morgan fingerprint density at radius 1 is 0.962 bits per heavy atom. The Kier molecular flexibility index (Phi) is 5.13. The third kappa shape index (κ3) is 4.54. The van der Waals surface area contributed by atoms with Crippen LogP contribution in [0.4, 0.5) is 14.5 Å². The Morgan fingerprint density at radius 3 is 2.42 bits per heavy atom. The lowest BCUT2D eigenvalue weighted by Gasteiger charge is -2.11. The molecule has 0 bridgehead atoms. The van der Waals surface area contributed by atoms with Gasteiger partial charge in [-0.3, -0.25) is 9.71 Å². The molecule has 8 heteroatoms. The van der Waals surface area contributed by atoms with Gasteiger partial charge in [0.25, 0.3) is 10.0 Å². The van der Waals surface area contributed by atoms with Crippen molar-refractivity contribution in [3.63, 3.8) is 0 Å². The van der Waals surface area contributed by atoms with Crippen molar-refractivity contribution in [2.75, 3.05) is 4.72 Å². The Balaban J connectivity index is 1.75. The number of nitrogens with one attached hydrogen (secondary N) is 1. The van der Waals surface area contributed by atoms with Gasteiger partial charge < -0.3 is 4.74 Å². The molecule has 5 nitrogen and oxygen atoms in total. The van der Waals surface area contributed by atoms with E-state index < -0.39 is 26.6 Å². The van der Waals surface area contributed by atoms with Gasteiger partial charge in [0, 0.05) is 18.3 Å². The number of ether oxygens (including phenoxy) is 1. The molecule has 0 fully saturated rings. The number of hydrogen-bond donors (Lipinski definition) is 1. The van der Waals surface area contributed by atoms with Gasteiger partial charge >= 0.3 is 0 Å². The van der Waals surface area contributed by atoms with Gasteiger partial charge in [-0.25, -0.2) is 17.2 Å². The smallest absolute Gasteiger partial charge is 0.262 e. The van der Waals surface area contributed by atoms with E-state index in [0.717, 1.165) is 12.1 Å². The summed E-state index contributed by atoms with van der Waals surface area (Å²) in [6, 6.07) is 13.7. The zero-order valence-corrected chi connectivity index (χ0v) is 14.2. The average molecular weight is 376 g/mol. The SMILES string of the molecule is O=S(=O)(Nc1cccc(OCc2ccccn2)c1)c1cc(F)cc(F)c1. The molecule has 1 aromatic heterocycles. The number of benzene rings is 2. The summed E-state index contributed by atoms with van der Waals surface area (Å²) in [5, 5.41) is 0. The maximum atomic E-state index is 13.3. The highest BCUT2D eigenvalue weighted by atomic mass is 32.2. The second-order valence-corrected chi connectivity index (χ2v) is 7.03. The summed E-state index contributed by atoms with van der Waals surface area (Å²) >= 11 is 0. The van der Waals surface area contributed by atoms with Crippen LogP contribution in [0, 0.1) is 11.6 Å². The number of rotatable bonds is 6. The quantitative estimate of drug-likeness (QED) is 0.712. The van der Waals surface area contributed by atoms with E-state index in [4.69, 9.17) is 4.74 Å². The van der Waals surface area contributed by atoms with Crippen LogP contribution in [0.3, 0.4) is 0 Å². The van der Waals surface area contributed by atoms with Crippen LogP contribution in [0.5, 0.6) is 5.75 Å². The first kappa shape index (κ1) is 17.8. The Labute approximate surface area is 149 Å². The summed E-state index contributed by atoms with van der Waals surface area (Å²) in [6.07, 6.45) is 1.64. The van der Waals surface area contributed by atoms with Crippen molar-refractivity contribution in [2.24, 2.45) is 0 Å². The number of anilines is 1. The van der Waals surface area contributed by atoms with Crippen LogP contribution in [-0.4, -0.2) is 13.4 Å². The third-order valence-electron chi connectivity index (χ3n) is 3.35. The summed E-state index contributed by atoms with van der Waals surface area (Å²) in [6.45, 7) is 0.214. The molecule has 0 aliphatic rings. The van der Waals surface area contributed by atoms with Gasteiger partial charge in [0.1, 0.15) is 24.0 Å². The van der Waals surface area contributed by atoms with Crippen LogP contribution in [0.1, 0.15) is 5.69 Å². The fraction of sp³-hybridized carbons (Fsp3) is 0.0556. The van der Waals surface area contributed by atoms with E-state index >= 15 is 0 Å². The molecule has 0 atom stereocenters. The molecule has 0 aliphatic carbocycles. The molecule has 3 aromatic rings. The molecule has 1 heterocycles. The van der Waals surface area contributed by atoms with Crippen molar-refractivity contribution < 1.29 is 21.9 Å². The highest BCUT2D eigenvalue weighted by Crippen LogP contribution is 2.22. The maximum absolute atomic E-state index is 13.3. The van der Waals surface area contributed by atoms with Crippen LogP contribution < -0.4 is 9.46 Å². The molecule has 26 heavy (non-hydrogen) atoms. The van der Waals surface area contributed by atoms with Crippen molar-refractivity contribution in [3.05, 3.63) is 84.2 Å². The van der Waals surface area contributed by atoms with Gasteiger partial charge in [-0.1, -0.05) is 12.1 Å². The molecule has 0 amide bonds. The minimum absolute atomic E-state index is 0.202. The molecule has 134 valence electrons. The number of halogens is 2. The van der Waals surface area contributed by atoms with Crippen molar-refractivity contribution in [3.8, 4) is 5.75 Å². The molecular weight excluding hydrogens is 362 g/mol. The summed E-state index contributed by atoms with van der Waals surface area (Å²) in [4.78, 5) is 3.62. The first-order valence-electron chi connectivity index (χ1n) is 7.54. The fourth-order valence-electron chi connectivity index (χ4n) is 2.19. The van der Waals surface area contributed by atoms with Gasteiger partial charge in [-0.15, -0.1) is 0 Å². The summed E-state index contributed by atoms with van der Waals surface area (Å²) < 4.78 is 59.0. The van der Waals surface area contributed by atoms with Crippen molar-refractivity contribution in [1.82, 2.24) is 4.98 Å². The van der Waals surface area contributed by atoms with Crippen molar-refractivity contribution in [1.29, 1.82) is 0 Å². The summed E-state index contributed by atoms with van der Waals surface area (Å²) in [5.41, 5.74) is 0.918. The number of hydrogen-bond acceptors (Lipinski definition) is 4. The van der Waals surface area contributed by atoms with Crippen molar-refractivity contribution in [2.45, 2.75) is 11.5 Å². The number of sulfonamides is 1. The van der Waals surface area contributed by atoms with E-state index in [2.05, 4.69) is 9.71 Å². The first-order valence-corrected chi connectivity index (χ1v) is 9.02. The molecular formula is C18H14F2N2O3S. The Morgan fingerprint density at radius 2 is 1.73 bits per heavy atom. The largest absolute Gasteiger partial charge is 0.487 e. The second-order valence-electron chi connectivity index (χ2n) is 5.35. The van der Waals surface area contributed by atoms with E-state index in [1.165, 1.54) is 12.1 Å². The summed E-state index contributed by atoms with van der Waals surface area (Å²) in [7, 11) is -4.14. The number of aromatic nitrogens is 1. The normalized spacial score (nSPS) is 11.2. The molecule has 0 spiro atoms. The third-order valence-corrected chi connectivity index (χ3v) is 4.71. The lowest BCUT2D eigenvalue weighted by atomic mass is 10.3. The molecule has 0 unspecified atom stereocenters. The molecule has 3 rings (SSSR count). The van der Waals surface area contributed by atoms with Gasteiger partial charge in [-0.05, 0) is 36.4 Å². The zero-order chi connectivity index (χ0) is 18.6. The number of pyridine rings is 1. The molecule has 0 radical (unpaired) electrons. The van der Waals surface area contributed by atoms with Gasteiger partial charge in [0.05, 0.1) is 16.3 Å². The lowest BCUT2D eigenvalue weighted by molar-refractivity contribution is 0.301. The molecule has 0 aliphatic heterocycles. The topological polar surface area (TPSA) is 68.3 Å². The van der Waals surface area contributed by atoms with Crippen LogP contribution in [0.25, 0.3) is 0 Å². The highest BCUT2D eigenvalue weighted by Gasteiger charge is 2.17. The van der Waals surface area contributed by atoms with Crippen LogP contribution >= 0.6 is 0 Å². The standard InChI is InChI=1S/C18H14F2N2O3S/c19-13-8-14(20)10-18(9-13)26(23,24)22-15-5-3-6-17(11-15)25-12-16-4-1-2-7-21-16/h1-11,22H,12H2. The fourth-order valence-corrected chi connectivity index (χ4v) is 3.28. The monoisotopic (exact) mass is 376 g/mol. The predicted octanol–water partition coefficient (Wildman–Crippen LogP) is 3.74. The van der Waals surface area contributed by atoms with Crippen LogP contribution in [0.15, 0.2) is 71.8 Å². The van der Waals surface area contributed by atoms with E-state index in [1.807, 2.05) is 6.07 Å². The summed E-state index contributed by atoms with van der Waals surface area (Å²) in [5.74, 6) is -1.53. The van der Waals surface area contributed by atoms with E-state index in [0.29, 0.717) is 17.5 Å². The van der Waals surface area contributed by atoms with E-state index in [-0.39, 0.29) is 12.3 Å². The van der Waals surface area contributed by atoms with Gasteiger partial charge in [0.2, 0.25) is 0 Å². The van der Waals surface area contributed by atoms with Gasteiger partial charge in [0.15, 0.2) is 0 Å². The molecule has 0 saturated carbocycles. The molecule has 1 N–H and O–H groups in total. The average Bonchev–Trinajstić information content (AvgIpc) is 2.60. The first-order chi connectivity index (χ1) is 12.4. The zero-order valence-electron chi connectivity index (χ0n) is 13.4. The predicted molar refractivity (Wildman–Crippen MR) is 92.2 cm³/mol. The van der Waals surface area contributed by atoms with Crippen LogP contribution in [-0.2, 0) is 16.6 Å². The molecule has 2 aromatic carbocycles. The van der Waals surface area contributed by atoms with E-state index in [9.17, 15) is 17.2 Å². The Hall–Kier alpha value is -3.00. The van der Waals surface area contributed by atoms with Crippen molar-refractivity contribution >= 4 is 15.7 Å². The second kappa shape index (κ2) is 7.49. The minimum Gasteiger partial charge on any atom is -0.487 e. The lowest BCUT2D eigenvalue weighted by Crippen LogP contribution is -2.13. The maximum Gasteiger partial charge on any atom is 0.262 e. The van der Waals surface area contributed by atoms with Crippen LogP contribution in [0.2, 0.25) is 0 Å².